The average Bonchev–Trinajstić information content (AvgIpc) is 3.22. The molecule has 2 saturated heterocycles. The third kappa shape index (κ3) is 4.99. The fourth-order valence-corrected chi connectivity index (χ4v) is 4.00. The van der Waals surface area contributed by atoms with Gasteiger partial charge in [0, 0.05) is 25.2 Å². The number of hydrogen-bond acceptors (Lipinski definition) is 4. The van der Waals surface area contributed by atoms with Gasteiger partial charge in [0.2, 0.25) is 5.91 Å². The minimum Gasteiger partial charge on any atom is -0.444 e. The van der Waals surface area contributed by atoms with Crippen LogP contribution < -0.4 is 10.6 Å². The number of halogens is 2. The summed E-state index contributed by atoms with van der Waals surface area (Å²) in [7, 11) is 0. The molecule has 0 saturated carbocycles. The van der Waals surface area contributed by atoms with E-state index in [9.17, 15) is 9.59 Å². The molecule has 2 fully saturated rings. The summed E-state index contributed by atoms with van der Waals surface area (Å²) in [4.78, 5) is 26.6. The molecular weight excluding hydrogens is 410 g/mol. The number of nitrogens with one attached hydrogen (secondary N) is 2. The van der Waals surface area contributed by atoms with Crippen molar-refractivity contribution in [3.8, 4) is 0 Å². The van der Waals surface area contributed by atoms with Crippen molar-refractivity contribution >= 4 is 40.2 Å². The lowest BCUT2D eigenvalue weighted by atomic mass is 9.97. The van der Waals surface area contributed by atoms with E-state index in [4.69, 9.17) is 4.42 Å². The molecular formula is C17H25BrClN3O3. The van der Waals surface area contributed by atoms with E-state index in [1.165, 1.54) is 0 Å². The molecule has 25 heavy (non-hydrogen) atoms. The minimum absolute atomic E-state index is 0. The molecule has 8 heteroatoms. The zero-order chi connectivity index (χ0) is 17.1. The number of hydrogen-bond donors (Lipinski definition) is 2. The SMILES string of the molecule is Cc1cc(Br)oc1C(=O)N1CCCC(CNC(=O)C2CCCN2)C1.Cl. The minimum atomic E-state index is -0.0633. The zero-order valence-electron chi connectivity index (χ0n) is 14.3. The Kier molecular flexibility index (Phi) is 7.34. The lowest BCUT2D eigenvalue weighted by molar-refractivity contribution is -0.123. The maximum absolute atomic E-state index is 12.6. The number of piperidine rings is 1. The second-order valence-electron chi connectivity index (χ2n) is 6.72. The van der Waals surface area contributed by atoms with Crippen LogP contribution in [-0.2, 0) is 4.79 Å². The smallest absolute Gasteiger partial charge is 0.289 e. The number of amides is 2. The molecule has 2 amide bonds. The fourth-order valence-electron chi connectivity index (χ4n) is 3.49. The highest BCUT2D eigenvalue weighted by Gasteiger charge is 2.28. The van der Waals surface area contributed by atoms with Crippen molar-refractivity contribution in [2.24, 2.45) is 5.92 Å². The van der Waals surface area contributed by atoms with Crippen LogP contribution in [0.2, 0.25) is 0 Å². The highest BCUT2D eigenvalue weighted by atomic mass is 79.9. The van der Waals surface area contributed by atoms with Gasteiger partial charge in [0.1, 0.15) is 0 Å². The zero-order valence-corrected chi connectivity index (χ0v) is 16.7. The molecule has 1 aromatic rings. The largest absolute Gasteiger partial charge is 0.444 e. The first-order valence-corrected chi connectivity index (χ1v) is 9.40. The van der Waals surface area contributed by atoms with Gasteiger partial charge < -0.3 is 20.0 Å². The first-order chi connectivity index (χ1) is 11.5. The predicted octanol–water partition coefficient (Wildman–Crippen LogP) is 2.49. The maximum Gasteiger partial charge on any atom is 0.289 e. The third-order valence-electron chi connectivity index (χ3n) is 4.83. The summed E-state index contributed by atoms with van der Waals surface area (Å²) >= 11 is 3.27. The van der Waals surface area contributed by atoms with Crippen molar-refractivity contribution in [3.05, 3.63) is 22.1 Å². The summed E-state index contributed by atoms with van der Waals surface area (Å²) in [6.45, 7) is 4.82. The Morgan fingerprint density at radius 1 is 1.40 bits per heavy atom. The maximum atomic E-state index is 12.6. The van der Waals surface area contributed by atoms with Crippen LogP contribution in [0.25, 0.3) is 0 Å². The Morgan fingerprint density at radius 2 is 2.20 bits per heavy atom. The van der Waals surface area contributed by atoms with Gasteiger partial charge in [-0.3, -0.25) is 9.59 Å². The van der Waals surface area contributed by atoms with Gasteiger partial charge in [0.05, 0.1) is 6.04 Å². The molecule has 140 valence electrons. The lowest BCUT2D eigenvalue weighted by Gasteiger charge is -2.32. The molecule has 2 aliphatic heterocycles. The molecule has 2 aliphatic rings. The van der Waals surface area contributed by atoms with E-state index in [1.807, 2.05) is 17.9 Å². The van der Waals surface area contributed by atoms with Crippen molar-refractivity contribution in [1.82, 2.24) is 15.5 Å². The molecule has 3 rings (SSSR count). The monoisotopic (exact) mass is 433 g/mol. The Morgan fingerprint density at radius 3 is 2.84 bits per heavy atom. The van der Waals surface area contributed by atoms with Gasteiger partial charge in [-0.15, -0.1) is 12.4 Å². The molecule has 2 N–H and O–H groups in total. The standard InChI is InChI=1S/C17H24BrN3O3.ClH/c1-11-8-14(18)24-15(11)17(23)21-7-3-4-12(10-21)9-20-16(22)13-5-2-6-19-13;/h8,12-13,19H,2-7,9-10H2,1H3,(H,20,22);1H. The van der Waals surface area contributed by atoms with Crippen LogP contribution in [0.3, 0.4) is 0 Å². The average molecular weight is 435 g/mol. The third-order valence-corrected chi connectivity index (χ3v) is 5.22. The topological polar surface area (TPSA) is 74.6 Å². The first-order valence-electron chi connectivity index (χ1n) is 8.61. The lowest BCUT2D eigenvalue weighted by Crippen LogP contribution is -2.46. The summed E-state index contributed by atoms with van der Waals surface area (Å²) in [5.74, 6) is 0.724. The fraction of sp³-hybridized carbons (Fsp3) is 0.647. The summed E-state index contributed by atoms with van der Waals surface area (Å²) in [6.07, 6.45) is 3.95. The molecule has 0 radical (unpaired) electrons. The first kappa shape index (κ1) is 20.3. The highest BCUT2D eigenvalue weighted by Crippen LogP contribution is 2.24. The number of furan rings is 1. The van der Waals surface area contributed by atoms with Crippen LogP contribution in [0.1, 0.15) is 41.8 Å². The van der Waals surface area contributed by atoms with Crippen LogP contribution in [0.4, 0.5) is 0 Å². The second-order valence-corrected chi connectivity index (χ2v) is 7.50. The van der Waals surface area contributed by atoms with Gasteiger partial charge >= 0.3 is 0 Å². The number of carbonyl (C=O) groups excluding carboxylic acids is 2. The Hall–Kier alpha value is -1.05. The van der Waals surface area contributed by atoms with Crippen molar-refractivity contribution in [2.45, 2.75) is 38.6 Å². The number of nitrogens with zero attached hydrogens (tertiary/aromatic N) is 1. The number of aryl methyl sites for hydroxylation is 1. The normalized spacial score (nSPS) is 23.2. The summed E-state index contributed by atoms with van der Waals surface area (Å²) in [5.41, 5.74) is 0.842. The molecule has 0 aromatic carbocycles. The number of rotatable bonds is 4. The quantitative estimate of drug-likeness (QED) is 0.763. The van der Waals surface area contributed by atoms with Crippen LogP contribution >= 0.6 is 28.3 Å². The Balaban J connectivity index is 0.00000225. The van der Waals surface area contributed by atoms with Crippen LogP contribution in [0.15, 0.2) is 15.2 Å². The molecule has 6 nitrogen and oxygen atoms in total. The number of carbonyl (C=O) groups is 2. The van der Waals surface area contributed by atoms with Crippen molar-refractivity contribution < 1.29 is 14.0 Å². The molecule has 0 bridgehead atoms. The Bertz CT molecular complexity index is 616. The van der Waals surface area contributed by atoms with Crippen LogP contribution in [0.5, 0.6) is 0 Å². The van der Waals surface area contributed by atoms with Crippen LogP contribution in [-0.4, -0.2) is 48.9 Å². The van der Waals surface area contributed by atoms with Crippen molar-refractivity contribution in [1.29, 1.82) is 0 Å². The summed E-state index contributed by atoms with van der Waals surface area (Å²) < 4.78 is 6.05. The van der Waals surface area contributed by atoms with Gasteiger partial charge in [-0.25, -0.2) is 0 Å². The molecule has 0 aliphatic carbocycles. The van der Waals surface area contributed by atoms with Gasteiger partial charge in [-0.1, -0.05) is 0 Å². The van der Waals surface area contributed by atoms with Crippen LogP contribution in [0, 0.1) is 12.8 Å². The summed E-state index contributed by atoms with van der Waals surface area (Å²) in [5, 5.41) is 6.25. The molecule has 3 heterocycles. The Labute approximate surface area is 162 Å². The van der Waals surface area contributed by atoms with E-state index in [0.717, 1.165) is 44.3 Å². The molecule has 0 spiro atoms. The van der Waals surface area contributed by atoms with E-state index in [2.05, 4.69) is 26.6 Å². The van der Waals surface area contributed by atoms with Gasteiger partial charge in [0.15, 0.2) is 10.4 Å². The van der Waals surface area contributed by atoms with E-state index >= 15 is 0 Å². The van der Waals surface area contributed by atoms with E-state index < -0.39 is 0 Å². The molecule has 2 unspecified atom stereocenters. The molecule has 2 atom stereocenters. The highest BCUT2D eigenvalue weighted by molar-refractivity contribution is 9.10. The van der Waals surface area contributed by atoms with Gasteiger partial charge in [0.25, 0.3) is 5.91 Å². The summed E-state index contributed by atoms with van der Waals surface area (Å²) in [6, 6.07) is 1.76. The molecule has 1 aromatic heterocycles. The van der Waals surface area contributed by atoms with E-state index in [0.29, 0.717) is 29.4 Å². The van der Waals surface area contributed by atoms with Crippen molar-refractivity contribution in [2.75, 3.05) is 26.2 Å². The number of likely N-dealkylation sites (tertiary alicyclic amines) is 1. The van der Waals surface area contributed by atoms with Gasteiger partial charge in [-0.05, 0) is 67.1 Å². The second kappa shape index (κ2) is 9.05. The van der Waals surface area contributed by atoms with Crippen molar-refractivity contribution in [3.63, 3.8) is 0 Å². The van der Waals surface area contributed by atoms with E-state index in [1.54, 1.807) is 0 Å². The predicted molar refractivity (Wildman–Crippen MR) is 101 cm³/mol. The van der Waals surface area contributed by atoms with E-state index in [-0.39, 0.29) is 30.3 Å². The van der Waals surface area contributed by atoms with Gasteiger partial charge in [-0.2, -0.15) is 0 Å².